The number of aryl methyl sites for hydroxylation is 6. The van der Waals surface area contributed by atoms with E-state index in [1.807, 2.05) is 0 Å². The van der Waals surface area contributed by atoms with Crippen molar-refractivity contribution < 1.29 is 135 Å². The van der Waals surface area contributed by atoms with E-state index in [2.05, 4.69) is 151 Å². The number of benzene rings is 12. The van der Waals surface area contributed by atoms with Crippen molar-refractivity contribution in [1.82, 2.24) is 0 Å². The van der Waals surface area contributed by atoms with E-state index in [0.717, 1.165) is 41.5 Å². The van der Waals surface area contributed by atoms with Crippen LogP contribution in [-0.4, -0.2) is 0 Å². The molecule has 0 unspecified atom stereocenters. The third-order valence-corrected chi connectivity index (χ3v) is 14.9. The Morgan fingerprint density at radius 3 is 0.340 bits per heavy atom. The molecule has 12 rings (SSSR count). The molecule has 0 aliphatic rings. The molecule has 0 aromatic heterocycles. The SMILES string of the molecule is C.Cc1c(F)c(F)c2c(F)c(C)c(F)c(F)c2c1F.Cc1c(F)c(F)c2c(F)c(C)c(F)c(F)c2c1F.Cc1c(F)c(F)c2c(F)c(C)c(F)c(F)c2c1F.Cc1ccc2cc(C)ccc2c1.Cc1ccc2cc(C)ccc2c1.Cc1ccc2cc(C)ccc2c1.F.F.F.F.F.F.F.F.F.F.F.F. The zero-order chi connectivity index (χ0) is 67.0. The average molecular weight is 1520 g/mol. The Labute approximate surface area is 569 Å². The molecular formula is C73H70F30. The van der Waals surface area contributed by atoms with E-state index >= 15 is 0 Å². The smallest absolute Gasteiger partial charge is 0.170 e. The second-order valence-corrected chi connectivity index (χ2v) is 21.7. The Bertz CT molecular complexity index is 3920. The molecule has 0 radical (unpaired) electrons. The maximum absolute atomic E-state index is 13.6. The number of hydrogen-bond donors (Lipinski definition) is 0. The van der Waals surface area contributed by atoms with Crippen LogP contribution in [0.1, 0.15) is 74.2 Å². The van der Waals surface area contributed by atoms with Crippen LogP contribution in [0.3, 0.4) is 0 Å². The van der Waals surface area contributed by atoms with E-state index < -0.39 is 170 Å². The van der Waals surface area contributed by atoms with Crippen LogP contribution in [0.25, 0.3) is 64.6 Å². The fraction of sp³-hybridized carbons (Fsp3) is 0.178. The quantitative estimate of drug-likeness (QED) is 0.105. The lowest BCUT2D eigenvalue weighted by molar-refractivity contribution is 0.472. The van der Waals surface area contributed by atoms with Gasteiger partial charge in [-0.25, -0.2) is 79.0 Å². The molecule has 12 aromatic carbocycles. The van der Waals surface area contributed by atoms with Gasteiger partial charge in [0.25, 0.3) is 0 Å². The summed E-state index contributed by atoms with van der Waals surface area (Å²) in [5.41, 5.74) is 2.96. The predicted molar refractivity (Wildman–Crippen MR) is 357 cm³/mol. The van der Waals surface area contributed by atoms with Crippen LogP contribution in [0, 0.1) is 188 Å². The Morgan fingerprint density at radius 2 is 0.243 bits per heavy atom. The van der Waals surface area contributed by atoms with E-state index in [4.69, 9.17) is 0 Å². The summed E-state index contributed by atoms with van der Waals surface area (Å²) in [6, 6.07) is 39.3. The van der Waals surface area contributed by atoms with Crippen molar-refractivity contribution in [3.63, 3.8) is 0 Å². The highest BCUT2D eigenvalue weighted by Gasteiger charge is 2.30. The summed E-state index contributed by atoms with van der Waals surface area (Å²) < 4.78 is 242. The fourth-order valence-corrected chi connectivity index (χ4v) is 9.70. The van der Waals surface area contributed by atoms with Crippen molar-refractivity contribution in [3.05, 3.63) is 281 Å². The van der Waals surface area contributed by atoms with Gasteiger partial charge < -0.3 is 0 Å². The summed E-state index contributed by atoms with van der Waals surface area (Å²) in [5.74, 6) is -29.2. The minimum absolute atomic E-state index is 0. The highest BCUT2D eigenvalue weighted by atomic mass is 19.2. The van der Waals surface area contributed by atoms with Crippen molar-refractivity contribution in [3.8, 4) is 0 Å². The second-order valence-electron chi connectivity index (χ2n) is 21.7. The van der Waals surface area contributed by atoms with Gasteiger partial charge >= 0.3 is 0 Å². The largest absolute Gasteiger partial charge is 0.269 e. The van der Waals surface area contributed by atoms with Gasteiger partial charge in [-0.1, -0.05) is 150 Å². The molecule has 0 amide bonds. The number of fused-ring (bicyclic) bond motifs is 6. The molecule has 0 aliphatic carbocycles. The zero-order valence-corrected chi connectivity index (χ0v) is 55.1. The molecule has 0 bridgehead atoms. The van der Waals surface area contributed by atoms with Crippen molar-refractivity contribution in [2.75, 3.05) is 0 Å². The third kappa shape index (κ3) is 21.1. The summed E-state index contributed by atoms with van der Waals surface area (Å²) in [6.07, 6.45) is 0. The van der Waals surface area contributed by atoms with Crippen molar-refractivity contribution in [1.29, 1.82) is 0 Å². The van der Waals surface area contributed by atoms with Crippen LogP contribution < -0.4 is 0 Å². The summed E-state index contributed by atoms with van der Waals surface area (Å²) in [7, 11) is 0. The van der Waals surface area contributed by atoms with Crippen LogP contribution in [0.15, 0.2) is 109 Å². The Kier molecular flexibility index (Phi) is 44.0. The summed E-state index contributed by atoms with van der Waals surface area (Å²) in [6.45, 7) is 17.8. The first-order valence-corrected chi connectivity index (χ1v) is 27.3. The molecule has 0 spiro atoms. The standard InChI is InChI=1S/3C12H6F6.3C12H12.CH4.12FH/c3*1-3-7(13)5-6(11(17)9(3)15)8(14)4(2)10(16)12(5)18;3*1-9-3-5-12-8-10(2)4-6-11(12)7-9;;;;;;;;;;;;;/h3*1-2H3;3*3-8H,1-2H3;1H4;12*1H. The van der Waals surface area contributed by atoms with Crippen molar-refractivity contribution in [2.45, 2.75) is 90.5 Å². The molecule has 0 saturated heterocycles. The first-order chi connectivity index (χ1) is 42.1. The highest BCUT2D eigenvalue weighted by Crippen LogP contribution is 2.38. The molecule has 12 aromatic rings. The van der Waals surface area contributed by atoms with Gasteiger partial charge in [-0.3, -0.25) is 56.5 Å². The van der Waals surface area contributed by atoms with Crippen molar-refractivity contribution >= 4 is 64.6 Å². The first kappa shape index (κ1) is 107. The van der Waals surface area contributed by atoms with Crippen LogP contribution in [0.4, 0.5) is 135 Å². The maximum Gasteiger partial charge on any atom is 0.170 e. The average Bonchev–Trinajstić information content (AvgIpc) is 0.758. The molecule has 103 heavy (non-hydrogen) atoms. The zero-order valence-electron chi connectivity index (χ0n) is 55.1. The molecule has 0 N–H and O–H groups in total. The van der Waals surface area contributed by atoms with Gasteiger partial charge in [0.2, 0.25) is 0 Å². The van der Waals surface area contributed by atoms with Gasteiger partial charge in [-0.2, -0.15) is 0 Å². The van der Waals surface area contributed by atoms with Crippen LogP contribution in [0.5, 0.6) is 0 Å². The Balaban J connectivity index is -0.000000211. The van der Waals surface area contributed by atoms with Gasteiger partial charge in [-0.05, 0) is 115 Å². The van der Waals surface area contributed by atoms with E-state index in [1.54, 1.807) is 0 Å². The van der Waals surface area contributed by atoms with E-state index in [1.165, 1.54) is 65.7 Å². The molecule has 0 nitrogen and oxygen atoms in total. The molecular weight excluding hydrogens is 1450 g/mol. The van der Waals surface area contributed by atoms with Gasteiger partial charge in [0, 0.05) is 33.4 Å². The van der Waals surface area contributed by atoms with E-state index in [-0.39, 0.29) is 63.9 Å². The van der Waals surface area contributed by atoms with Gasteiger partial charge in [-0.15, -0.1) is 0 Å². The van der Waals surface area contributed by atoms with Gasteiger partial charge in [0.15, 0.2) is 69.8 Å². The molecule has 0 aliphatic heterocycles. The Hall–Kier alpha value is -9.90. The minimum Gasteiger partial charge on any atom is -0.269 e. The predicted octanol–water partition coefficient (Wildman–Crippen LogP) is 25.7. The highest BCUT2D eigenvalue weighted by molar-refractivity contribution is 5.90. The third-order valence-electron chi connectivity index (χ3n) is 14.9. The molecule has 572 valence electrons. The second kappa shape index (κ2) is 42.5. The van der Waals surface area contributed by atoms with Crippen molar-refractivity contribution in [2.24, 2.45) is 0 Å². The lowest BCUT2D eigenvalue weighted by Gasteiger charge is -2.11. The Morgan fingerprint density at radius 1 is 0.146 bits per heavy atom. The molecule has 0 heterocycles. The van der Waals surface area contributed by atoms with E-state index in [0.29, 0.717) is 0 Å². The van der Waals surface area contributed by atoms with Gasteiger partial charge in [0.05, 0.1) is 32.3 Å². The minimum atomic E-state index is -1.73. The molecule has 0 atom stereocenters. The first-order valence-electron chi connectivity index (χ1n) is 27.3. The number of halogens is 30. The monoisotopic (exact) mass is 1520 g/mol. The number of rotatable bonds is 0. The number of hydrogen-bond acceptors (Lipinski definition) is 0. The maximum atomic E-state index is 13.6. The van der Waals surface area contributed by atoms with Crippen LogP contribution in [0.2, 0.25) is 0 Å². The van der Waals surface area contributed by atoms with Crippen LogP contribution >= 0.6 is 0 Å². The lowest BCUT2D eigenvalue weighted by atomic mass is 10.0. The summed E-state index contributed by atoms with van der Waals surface area (Å²) >= 11 is 0. The van der Waals surface area contributed by atoms with Crippen LogP contribution in [-0.2, 0) is 0 Å². The fourth-order valence-electron chi connectivity index (χ4n) is 9.70. The topological polar surface area (TPSA) is 0 Å². The van der Waals surface area contributed by atoms with Gasteiger partial charge in [0.1, 0.15) is 34.9 Å². The molecule has 0 saturated carbocycles. The molecule has 0 fully saturated rings. The summed E-state index contributed by atoms with van der Waals surface area (Å²) in [5, 5.41) is 0.709. The molecule has 30 heteroatoms. The normalized spacial score (nSPS) is 9.61. The van der Waals surface area contributed by atoms with E-state index in [9.17, 15) is 79.0 Å². The summed E-state index contributed by atoms with van der Waals surface area (Å²) in [4.78, 5) is 0. The lowest BCUT2D eigenvalue weighted by Crippen LogP contribution is -2.05.